The van der Waals surface area contributed by atoms with E-state index in [4.69, 9.17) is 4.74 Å². The van der Waals surface area contributed by atoms with Crippen molar-refractivity contribution >= 4 is 35.1 Å². The molecule has 0 bridgehead atoms. The molecule has 160 valence electrons. The molecular weight excluding hydrogens is 420 g/mol. The Balaban J connectivity index is 1.28. The number of rotatable bonds is 5. The molecular formula is C21H26N4O3S2. The summed E-state index contributed by atoms with van der Waals surface area (Å²) in [6, 6.07) is 6.04. The fourth-order valence-electron chi connectivity index (χ4n) is 3.81. The zero-order valence-electron chi connectivity index (χ0n) is 17.2. The largest absolute Gasteiger partial charge is 0.449 e. The molecule has 2 amide bonds. The number of thiophene rings is 1. The van der Waals surface area contributed by atoms with E-state index in [1.807, 2.05) is 33.4 Å². The molecule has 2 fully saturated rings. The molecule has 2 aromatic rings. The average molecular weight is 447 g/mol. The van der Waals surface area contributed by atoms with Gasteiger partial charge in [-0.05, 0) is 30.4 Å². The van der Waals surface area contributed by atoms with E-state index >= 15 is 0 Å². The van der Waals surface area contributed by atoms with E-state index in [0.29, 0.717) is 37.2 Å². The Hall–Kier alpha value is -2.13. The van der Waals surface area contributed by atoms with Gasteiger partial charge in [-0.25, -0.2) is 14.8 Å². The van der Waals surface area contributed by atoms with E-state index in [9.17, 15) is 9.59 Å². The summed E-state index contributed by atoms with van der Waals surface area (Å²) in [6.45, 7) is 6.70. The first-order valence-electron chi connectivity index (χ1n) is 10.1. The Morgan fingerprint density at radius 2 is 2.13 bits per heavy atom. The fraction of sp³-hybridized carbons (Fsp3) is 0.524. The maximum atomic E-state index is 12.7. The lowest BCUT2D eigenvalue weighted by molar-refractivity contribution is -0.130. The number of cyclic esters (lactones) is 1. The van der Waals surface area contributed by atoms with Gasteiger partial charge in [-0.2, -0.15) is 0 Å². The lowest BCUT2D eigenvalue weighted by atomic mass is 9.91. The van der Waals surface area contributed by atoms with Crippen LogP contribution in [0.3, 0.4) is 0 Å². The van der Waals surface area contributed by atoms with Gasteiger partial charge in [-0.3, -0.25) is 4.79 Å². The Bertz CT molecular complexity index is 895. The third kappa shape index (κ3) is 4.95. The van der Waals surface area contributed by atoms with Crippen LogP contribution in [-0.2, 0) is 9.53 Å². The first-order chi connectivity index (χ1) is 14.4. The molecule has 30 heavy (non-hydrogen) atoms. The summed E-state index contributed by atoms with van der Waals surface area (Å²) < 4.78 is 5.35. The number of likely N-dealkylation sites (tertiary alicyclic amines) is 1. The minimum absolute atomic E-state index is 0.0326. The van der Waals surface area contributed by atoms with Crippen LogP contribution < -0.4 is 0 Å². The molecule has 2 aromatic heterocycles. The number of nitrogens with zero attached hydrogens (tertiary/aromatic N) is 4. The highest BCUT2D eigenvalue weighted by molar-refractivity contribution is 7.99. The summed E-state index contributed by atoms with van der Waals surface area (Å²) in [6.07, 6.45) is 3.08. The van der Waals surface area contributed by atoms with Crippen LogP contribution in [0.5, 0.6) is 0 Å². The van der Waals surface area contributed by atoms with E-state index in [2.05, 4.69) is 23.8 Å². The number of carbonyl (C=O) groups is 2. The molecule has 0 radical (unpaired) electrons. The van der Waals surface area contributed by atoms with Gasteiger partial charge in [0.1, 0.15) is 0 Å². The lowest BCUT2D eigenvalue weighted by Crippen LogP contribution is -2.55. The van der Waals surface area contributed by atoms with Gasteiger partial charge in [0.25, 0.3) is 0 Å². The van der Waals surface area contributed by atoms with Crippen molar-refractivity contribution in [1.82, 2.24) is 19.8 Å². The van der Waals surface area contributed by atoms with Crippen LogP contribution >= 0.6 is 23.1 Å². The van der Waals surface area contributed by atoms with Gasteiger partial charge in [-0.1, -0.05) is 31.7 Å². The van der Waals surface area contributed by atoms with Crippen molar-refractivity contribution in [2.75, 3.05) is 32.0 Å². The number of hydrogen-bond acceptors (Lipinski definition) is 7. The van der Waals surface area contributed by atoms with Crippen LogP contribution in [0.15, 0.2) is 34.9 Å². The van der Waals surface area contributed by atoms with Crippen LogP contribution in [0.4, 0.5) is 4.79 Å². The maximum Gasteiger partial charge on any atom is 0.410 e. The highest BCUT2D eigenvalue weighted by Crippen LogP contribution is 2.29. The SMILES string of the molecule is CC1(C)COC(=O)N(C2CCN(C(=O)CSc3nccc(-c4cccs4)n3)CC2)C1. The molecule has 0 aromatic carbocycles. The van der Waals surface area contributed by atoms with E-state index < -0.39 is 0 Å². The second-order valence-electron chi connectivity index (χ2n) is 8.45. The predicted molar refractivity (Wildman–Crippen MR) is 118 cm³/mol. The second-order valence-corrected chi connectivity index (χ2v) is 10.3. The molecule has 4 heterocycles. The van der Waals surface area contributed by atoms with E-state index in [1.54, 1.807) is 17.5 Å². The fourth-order valence-corrected chi connectivity index (χ4v) is 5.23. The number of hydrogen-bond donors (Lipinski definition) is 0. The molecule has 0 N–H and O–H groups in total. The molecule has 7 nitrogen and oxygen atoms in total. The first kappa shape index (κ1) is 21.1. The summed E-state index contributed by atoms with van der Waals surface area (Å²) in [5.74, 6) is 0.405. The van der Waals surface area contributed by atoms with Gasteiger partial charge < -0.3 is 14.5 Å². The standard InChI is InChI=1S/C21H26N4O3S2/c1-21(2)13-25(20(27)28-14-21)15-6-9-24(10-7-15)18(26)12-30-19-22-8-5-16(23-19)17-4-3-11-29-17/h3-5,8,11,15H,6-7,9-10,12-14H2,1-2H3. The average Bonchev–Trinajstić information content (AvgIpc) is 3.29. The molecule has 0 aliphatic carbocycles. The quantitative estimate of drug-likeness (QED) is 0.514. The number of piperidine rings is 1. The van der Waals surface area contributed by atoms with Crippen LogP contribution in [0.1, 0.15) is 26.7 Å². The Morgan fingerprint density at radius 3 is 2.87 bits per heavy atom. The van der Waals surface area contributed by atoms with Gasteiger partial charge >= 0.3 is 6.09 Å². The van der Waals surface area contributed by atoms with E-state index in [1.165, 1.54) is 11.8 Å². The number of ether oxygens (including phenoxy) is 1. The summed E-state index contributed by atoms with van der Waals surface area (Å²) in [4.78, 5) is 38.5. The molecule has 4 rings (SSSR count). The third-order valence-electron chi connectivity index (χ3n) is 5.41. The third-order valence-corrected chi connectivity index (χ3v) is 7.15. The summed E-state index contributed by atoms with van der Waals surface area (Å²) >= 11 is 3.00. The highest BCUT2D eigenvalue weighted by atomic mass is 32.2. The van der Waals surface area contributed by atoms with E-state index in [-0.39, 0.29) is 23.5 Å². The van der Waals surface area contributed by atoms with Gasteiger partial charge in [0, 0.05) is 37.3 Å². The molecule has 0 spiro atoms. The van der Waals surface area contributed by atoms with Crippen molar-refractivity contribution in [1.29, 1.82) is 0 Å². The number of aromatic nitrogens is 2. The highest BCUT2D eigenvalue weighted by Gasteiger charge is 2.38. The summed E-state index contributed by atoms with van der Waals surface area (Å²) in [7, 11) is 0. The van der Waals surface area contributed by atoms with Crippen molar-refractivity contribution in [2.45, 2.75) is 37.9 Å². The van der Waals surface area contributed by atoms with Crippen molar-refractivity contribution in [3.8, 4) is 10.6 Å². The van der Waals surface area contributed by atoms with Gasteiger partial charge in [0.05, 0.1) is 22.9 Å². The normalized spacial score (nSPS) is 19.6. The first-order valence-corrected chi connectivity index (χ1v) is 12.0. The molecule has 2 saturated heterocycles. The van der Waals surface area contributed by atoms with Gasteiger partial charge in [0.2, 0.25) is 5.91 Å². The molecule has 0 unspecified atom stereocenters. The van der Waals surface area contributed by atoms with Crippen LogP contribution in [0.2, 0.25) is 0 Å². The zero-order chi connectivity index (χ0) is 21.1. The van der Waals surface area contributed by atoms with Crippen LogP contribution in [-0.4, -0.2) is 69.8 Å². The van der Waals surface area contributed by atoms with Crippen molar-refractivity contribution in [3.05, 3.63) is 29.8 Å². The minimum atomic E-state index is -0.225. The lowest BCUT2D eigenvalue weighted by Gasteiger charge is -2.44. The van der Waals surface area contributed by atoms with Crippen molar-refractivity contribution in [2.24, 2.45) is 5.41 Å². The van der Waals surface area contributed by atoms with Gasteiger partial charge in [-0.15, -0.1) is 11.3 Å². The Kier molecular flexibility index (Phi) is 6.29. The Morgan fingerprint density at radius 1 is 1.33 bits per heavy atom. The molecule has 0 atom stereocenters. The molecule has 9 heteroatoms. The number of amides is 2. The summed E-state index contributed by atoms with van der Waals surface area (Å²) in [5, 5.41) is 2.63. The monoisotopic (exact) mass is 446 g/mol. The van der Waals surface area contributed by atoms with E-state index in [0.717, 1.165) is 23.4 Å². The van der Waals surface area contributed by atoms with Crippen LogP contribution in [0, 0.1) is 5.41 Å². The molecule has 0 saturated carbocycles. The minimum Gasteiger partial charge on any atom is -0.449 e. The number of thioether (sulfide) groups is 1. The van der Waals surface area contributed by atoms with Crippen molar-refractivity contribution < 1.29 is 14.3 Å². The van der Waals surface area contributed by atoms with Gasteiger partial charge in [0.15, 0.2) is 5.16 Å². The van der Waals surface area contributed by atoms with Crippen molar-refractivity contribution in [3.63, 3.8) is 0 Å². The predicted octanol–water partition coefficient (Wildman–Crippen LogP) is 3.77. The maximum absolute atomic E-state index is 12.7. The Labute approximate surface area is 184 Å². The second kappa shape index (κ2) is 8.93. The summed E-state index contributed by atoms with van der Waals surface area (Å²) in [5.41, 5.74) is 0.849. The molecule has 2 aliphatic rings. The zero-order valence-corrected chi connectivity index (χ0v) is 18.9. The number of carbonyl (C=O) groups excluding carboxylic acids is 2. The van der Waals surface area contributed by atoms with Crippen LogP contribution in [0.25, 0.3) is 10.6 Å². The smallest absolute Gasteiger partial charge is 0.410 e. The molecule has 2 aliphatic heterocycles. The topological polar surface area (TPSA) is 75.6 Å².